The van der Waals surface area contributed by atoms with Crippen molar-refractivity contribution in [2.45, 2.75) is 12.8 Å². The van der Waals surface area contributed by atoms with Gasteiger partial charge in [-0.25, -0.2) is 4.39 Å². The molecule has 0 bridgehead atoms. The van der Waals surface area contributed by atoms with Crippen LogP contribution in [0.3, 0.4) is 0 Å². The monoisotopic (exact) mass is 378 g/mol. The fourth-order valence-electron chi connectivity index (χ4n) is 2.70. The molecule has 0 aliphatic carbocycles. The maximum Gasteiger partial charge on any atom is 0.243 e. The predicted octanol–water partition coefficient (Wildman–Crippen LogP) is 4.89. The van der Waals surface area contributed by atoms with E-state index >= 15 is 0 Å². The summed E-state index contributed by atoms with van der Waals surface area (Å²) >= 11 is 0. The van der Waals surface area contributed by atoms with Crippen molar-refractivity contribution < 1.29 is 13.9 Å². The van der Waals surface area contributed by atoms with E-state index in [1.165, 1.54) is 17.7 Å². The van der Waals surface area contributed by atoms with Crippen molar-refractivity contribution in [2.75, 3.05) is 23.8 Å². The molecule has 0 aliphatic rings. The maximum atomic E-state index is 12.9. The average Bonchev–Trinajstić information content (AvgIpc) is 2.73. The normalized spacial score (nSPS) is 10.3. The minimum Gasteiger partial charge on any atom is -0.494 e. The Bertz CT molecular complexity index is 865. The smallest absolute Gasteiger partial charge is 0.243 e. The van der Waals surface area contributed by atoms with Gasteiger partial charge in [-0.05, 0) is 66.9 Å². The molecule has 0 atom stereocenters. The van der Waals surface area contributed by atoms with Crippen molar-refractivity contribution in [1.29, 1.82) is 0 Å². The second-order valence-corrected chi connectivity index (χ2v) is 6.37. The molecule has 0 aliphatic heterocycles. The molecule has 3 rings (SSSR count). The number of aryl methyl sites for hydroxylation is 1. The van der Waals surface area contributed by atoms with Gasteiger partial charge in [0.25, 0.3) is 0 Å². The van der Waals surface area contributed by atoms with E-state index in [1.807, 2.05) is 42.5 Å². The summed E-state index contributed by atoms with van der Waals surface area (Å²) in [5.74, 6) is 0.286. The SMILES string of the molecule is O=C(CNc1ccc(F)cc1)Nc1ccc(OCCCc2ccccc2)cc1. The van der Waals surface area contributed by atoms with E-state index in [2.05, 4.69) is 22.8 Å². The highest BCUT2D eigenvalue weighted by atomic mass is 19.1. The number of carbonyl (C=O) groups is 1. The summed E-state index contributed by atoms with van der Waals surface area (Å²) in [5, 5.41) is 5.76. The lowest BCUT2D eigenvalue weighted by Gasteiger charge is -2.09. The van der Waals surface area contributed by atoms with Gasteiger partial charge in [0.2, 0.25) is 5.91 Å². The van der Waals surface area contributed by atoms with Crippen LogP contribution in [0, 0.1) is 5.82 Å². The number of anilines is 2. The summed E-state index contributed by atoms with van der Waals surface area (Å²) in [7, 11) is 0. The molecule has 2 N–H and O–H groups in total. The zero-order chi connectivity index (χ0) is 19.6. The van der Waals surface area contributed by atoms with E-state index in [-0.39, 0.29) is 18.3 Å². The highest BCUT2D eigenvalue weighted by Crippen LogP contribution is 2.16. The molecule has 0 unspecified atom stereocenters. The van der Waals surface area contributed by atoms with Crippen molar-refractivity contribution in [3.8, 4) is 5.75 Å². The third-order valence-corrected chi connectivity index (χ3v) is 4.16. The van der Waals surface area contributed by atoms with Crippen LogP contribution in [0.15, 0.2) is 78.9 Å². The van der Waals surface area contributed by atoms with Gasteiger partial charge in [0.15, 0.2) is 0 Å². The minimum absolute atomic E-state index is 0.101. The van der Waals surface area contributed by atoms with Crippen LogP contribution in [0.2, 0.25) is 0 Å². The molecular formula is C23H23FN2O2. The zero-order valence-corrected chi connectivity index (χ0v) is 15.5. The molecular weight excluding hydrogens is 355 g/mol. The van der Waals surface area contributed by atoms with Crippen molar-refractivity contribution >= 4 is 17.3 Å². The summed E-state index contributed by atoms with van der Waals surface area (Å²) in [5.41, 5.74) is 2.69. The van der Waals surface area contributed by atoms with Gasteiger partial charge in [-0.1, -0.05) is 30.3 Å². The molecule has 0 spiro atoms. The van der Waals surface area contributed by atoms with Gasteiger partial charge in [-0.3, -0.25) is 4.79 Å². The molecule has 0 saturated carbocycles. The van der Waals surface area contributed by atoms with E-state index in [4.69, 9.17) is 4.74 Å². The largest absolute Gasteiger partial charge is 0.494 e. The van der Waals surface area contributed by atoms with E-state index in [0.29, 0.717) is 18.0 Å². The Morgan fingerprint density at radius 2 is 1.54 bits per heavy atom. The topological polar surface area (TPSA) is 50.4 Å². The Morgan fingerprint density at radius 3 is 2.25 bits per heavy atom. The lowest BCUT2D eigenvalue weighted by atomic mass is 10.1. The summed E-state index contributed by atoms with van der Waals surface area (Å²) in [6.45, 7) is 0.742. The van der Waals surface area contributed by atoms with Gasteiger partial charge in [-0.15, -0.1) is 0 Å². The molecule has 144 valence electrons. The molecule has 0 saturated heterocycles. The standard InChI is InChI=1S/C23H23FN2O2/c24-19-8-10-20(11-9-19)25-17-23(27)26-21-12-14-22(15-13-21)28-16-4-7-18-5-2-1-3-6-18/h1-3,5-6,8-15,25H,4,7,16-17H2,(H,26,27). The molecule has 0 radical (unpaired) electrons. The minimum atomic E-state index is -0.308. The van der Waals surface area contributed by atoms with Crippen molar-refractivity contribution in [3.63, 3.8) is 0 Å². The molecule has 0 aromatic heterocycles. The Balaban J connectivity index is 1.37. The van der Waals surface area contributed by atoms with Crippen LogP contribution in [-0.4, -0.2) is 19.1 Å². The molecule has 4 nitrogen and oxygen atoms in total. The number of benzene rings is 3. The number of amides is 1. The number of carbonyl (C=O) groups excluding carboxylic acids is 1. The van der Waals surface area contributed by atoms with E-state index < -0.39 is 0 Å². The van der Waals surface area contributed by atoms with Crippen LogP contribution < -0.4 is 15.4 Å². The van der Waals surface area contributed by atoms with Crippen LogP contribution in [0.5, 0.6) is 5.75 Å². The highest BCUT2D eigenvalue weighted by Gasteiger charge is 2.03. The van der Waals surface area contributed by atoms with Gasteiger partial charge in [0, 0.05) is 11.4 Å². The summed E-state index contributed by atoms with van der Waals surface area (Å²) < 4.78 is 18.6. The lowest BCUT2D eigenvalue weighted by molar-refractivity contribution is -0.114. The number of hydrogen-bond acceptors (Lipinski definition) is 3. The molecule has 0 heterocycles. The first-order valence-corrected chi connectivity index (χ1v) is 9.25. The maximum absolute atomic E-state index is 12.9. The van der Waals surface area contributed by atoms with E-state index in [0.717, 1.165) is 18.6 Å². The number of halogens is 1. The fourth-order valence-corrected chi connectivity index (χ4v) is 2.70. The van der Waals surface area contributed by atoms with Crippen molar-refractivity contribution in [1.82, 2.24) is 0 Å². The Labute approximate surface area is 164 Å². The molecule has 5 heteroatoms. The first-order valence-electron chi connectivity index (χ1n) is 9.25. The van der Waals surface area contributed by atoms with Gasteiger partial charge in [0.1, 0.15) is 11.6 Å². The van der Waals surface area contributed by atoms with Crippen LogP contribution >= 0.6 is 0 Å². The molecule has 0 fully saturated rings. The summed E-state index contributed by atoms with van der Waals surface area (Å²) in [4.78, 5) is 12.0. The Hall–Kier alpha value is -3.34. The van der Waals surface area contributed by atoms with Crippen LogP contribution in [0.1, 0.15) is 12.0 Å². The van der Waals surface area contributed by atoms with Crippen LogP contribution in [-0.2, 0) is 11.2 Å². The molecule has 3 aromatic rings. The van der Waals surface area contributed by atoms with Crippen molar-refractivity contribution in [2.24, 2.45) is 0 Å². The second kappa shape index (κ2) is 10.1. The third kappa shape index (κ3) is 6.43. The first-order chi connectivity index (χ1) is 13.7. The van der Waals surface area contributed by atoms with Crippen molar-refractivity contribution in [3.05, 3.63) is 90.2 Å². The second-order valence-electron chi connectivity index (χ2n) is 6.37. The Kier molecular flexibility index (Phi) is 7.01. The predicted molar refractivity (Wildman–Crippen MR) is 110 cm³/mol. The number of hydrogen-bond donors (Lipinski definition) is 2. The number of ether oxygens (including phenoxy) is 1. The van der Waals surface area contributed by atoms with Gasteiger partial charge < -0.3 is 15.4 Å². The number of nitrogens with one attached hydrogen (secondary N) is 2. The highest BCUT2D eigenvalue weighted by molar-refractivity contribution is 5.93. The van der Waals surface area contributed by atoms with E-state index in [9.17, 15) is 9.18 Å². The summed E-state index contributed by atoms with van der Waals surface area (Å²) in [6, 6.07) is 23.5. The van der Waals surface area contributed by atoms with Gasteiger partial charge in [-0.2, -0.15) is 0 Å². The third-order valence-electron chi connectivity index (χ3n) is 4.16. The van der Waals surface area contributed by atoms with E-state index in [1.54, 1.807) is 12.1 Å². The van der Waals surface area contributed by atoms with Crippen LogP contribution in [0.25, 0.3) is 0 Å². The van der Waals surface area contributed by atoms with Gasteiger partial charge >= 0.3 is 0 Å². The molecule has 3 aromatic carbocycles. The quantitative estimate of drug-likeness (QED) is 0.521. The first kappa shape index (κ1) is 19.4. The number of rotatable bonds is 9. The lowest BCUT2D eigenvalue weighted by Crippen LogP contribution is -2.21. The summed E-state index contributed by atoms with van der Waals surface area (Å²) in [6.07, 6.45) is 1.92. The fraction of sp³-hybridized carbons (Fsp3) is 0.174. The Morgan fingerprint density at radius 1 is 0.857 bits per heavy atom. The molecule has 28 heavy (non-hydrogen) atoms. The zero-order valence-electron chi connectivity index (χ0n) is 15.5. The van der Waals surface area contributed by atoms with Crippen LogP contribution in [0.4, 0.5) is 15.8 Å². The average molecular weight is 378 g/mol. The van der Waals surface area contributed by atoms with Gasteiger partial charge in [0.05, 0.1) is 13.2 Å². The molecule has 1 amide bonds.